The van der Waals surface area contributed by atoms with Gasteiger partial charge < -0.3 is 19.9 Å². The molecule has 0 aromatic heterocycles. The van der Waals surface area contributed by atoms with Gasteiger partial charge in [0.1, 0.15) is 6.61 Å². The number of hydrogen-bond donors (Lipinski definition) is 2. The normalized spacial score (nSPS) is 14.0. The highest BCUT2D eigenvalue weighted by Gasteiger charge is 2.34. The van der Waals surface area contributed by atoms with Gasteiger partial charge in [0, 0.05) is 5.92 Å². The summed E-state index contributed by atoms with van der Waals surface area (Å²) in [4.78, 5) is 24.8. The van der Waals surface area contributed by atoms with Crippen LogP contribution in [0.4, 0.5) is 26.7 Å². The average molecular weight is 507 g/mol. The van der Waals surface area contributed by atoms with E-state index in [1.807, 2.05) is 53.8 Å². The molecule has 3 aromatic carbocycles. The Morgan fingerprint density at radius 2 is 1.33 bits per heavy atom. The van der Waals surface area contributed by atoms with Crippen LogP contribution in [0, 0.1) is 29.1 Å². The number of amides is 1. The van der Waals surface area contributed by atoms with Crippen LogP contribution in [0.15, 0.2) is 48.5 Å². The van der Waals surface area contributed by atoms with E-state index in [0.29, 0.717) is 0 Å². The number of fused-ring (bicyclic) bond motifs is 3. The van der Waals surface area contributed by atoms with Crippen LogP contribution < -0.4 is 10.1 Å². The zero-order valence-electron chi connectivity index (χ0n) is 18.5. The van der Waals surface area contributed by atoms with Gasteiger partial charge in [-0.25, -0.2) is 22.8 Å². The minimum atomic E-state index is -2.44. The van der Waals surface area contributed by atoms with E-state index in [1.54, 1.807) is 0 Å². The summed E-state index contributed by atoms with van der Waals surface area (Å²) in [5.74, 6) is -15.7. The van der Waals surface area contributed by atoms with Gasteiger partial charge in [-0.05, 0) is 29.2 Å². The Labute approximate surface area is 201 Å². The fourth-order valence-corrected chi connectivity index (χ4v) is 3.98. The number of benzene rings is 3. The number of ether oxygens (including phenoxy) is 2. The van der Waals surface area contributed by atoms with Crippen molar-refractivity contribution >= 4 is 12.1 Å². The molecule has 0 radical (unpaired) electrons. The van der Waals surface area contributed by atoms with E-state index < -0.39 is 59.0 Å². The SMILES string of the molecule is C[C@@H](O)[C@@H](NC(=O)OCC1c2ccccc2-c2ccccc21)C(=O)Oc1c(F)c(F)c(F)c(F)c1F. The monoisotopic (exact) mass is 507 g/mol. The number of nitrogens with one attached hydrogen (secondary N) is 1. The topological polar surface area (TPSA) is 84.9 Å². The minimum absolute atomic E-state index is 0.154. The summed E-state index contributed by atoms with van der Waals surface area (Å²) in [5, 5.41) is 11.9. The molecule has 6 nitrogen and oxygen atoms in total. The number of aliphatic hydroxyl groups excluding tert-OH is 1. The van der Waals surface area contributed by atoms with Gasteiger partial charge in [-0.3, -0.25) is 0 Å². The zero-order chi connectivity index (χ0) is 26.1. The molecule has 1 aliphatic carbocycles. The van der Waals surface area contributed by atoms with Gasteiger partial charge in [0.2, 0.25) is 34.8 Å². The summed E-state index contributed by atoms with van der Waals surface area (Å²) >= 11 is 0. The first-order valence-corrected chi connectivity index (χ1v) is 10.6. The second kappa shape index (κ2) is 9.94. The molecule has 0 saturated heterocycles. The van der Waals surface area contributed by atoms with Gasteiger partial charge in [-0.2, -0.15) is 8.78 Å². The molecule has 36 heavy (non-hydrogen) atoms. The molecule has 0 unspecified atom stereocenters. The highest BCUT2D eigenvalue weighted by atomic mass is 19.2. The predicted molar refractivity (Wildman–Crippen MR) is 116 cm³/mol. The van der Waals surface area contributed by atoms with E-state index in [-0.39, 0.29) is 12.5 Å². The number of alkyl carbamates (subject to hydrolysis) is 1. The van der Waals surface area contributed by atoms with Crippen molar-refractivity contribution in [2.24, 2.45) is 0 Å². The van der Waals surface area contributed by atoms with Crippen LogP contribution in [0.1, 0.15) is 24.0 Å². The molecule has 0 aliphatic heterocycles. The smallest absolute Gasteiger partial charge is 0.407 e. The lowest BCUT2D eigenvalue weighted by Gasteiger charge is -2.21. The van der Waals surface area contributed by atoms with Crippen LogP contribution in [0.5, 0.6) is 5.75 Å². The first-order chi connectivity index (χ1) is 17.1. The predicted octanol–water partition coefficient (Wildman–Crippen LogP) is 4.58. The van der Waals surface area contributed by atoms with Crippen LogP contribution in [0.3, 0.4) is 0 Å². The first kappa shape index (κ1) is 25.1. The molecule has 0 heterocycles. The second-order valence-corrected chi connectivity index (χ2v) is 8.01. The molecule has 3 aromatic rings. The molecule has 0 fully saturated rings. The maximum Gasteiger partial charge on any atom is 0.407 e. The summed E-state index contributed by atoms with van der Waals surface area (Å²) in [5.41, 5.74) is 3.75. The Morgan fingerprint density at radius 3 is 1.83 bits per heavy atom. The van der Waals surface area contributed by atoms with Crippen LogP contribution in [0.25, 0.3) is 11.1 Å². The largest absolute Gasteiger partial charge is 0.449 e. The molecule has 4 rings (SSSR count). The fourth-order valence-electron chi connectivity index (χ4n) is 3.98. The third kappa shape index (κ3) is 4.49. The van der Waals surface area contributed by atoms with Crippen molar-refractivity contribution in [3.8, 4) is 16.9 Å². The molecule has 0 saturated carbocycles. The van der Waals surface area contributed by atoms with Gasteiger partial charge >= 0.3 is 12.1 Å². The molecule has 1 aliphatic rings. The first-order valence-electron chi connectivity index (χ1n) is 10.6. The molecule has 2 N–H and O–H groups in total. The summed E-state index contributed by atoms with van der Waals surface area (Å²) in [7, 11) is 0. The lowest BCUT2D eigenvalue weighted by atomic mass is 9.98. The number of hydrogen-bond acceptors (Lipinski definition) is 5. The third-order valence-electron chi connectivity index (χ3n) is 5.73. The van der Waals surface area contributed by atoms with E-state index >= 15 is 0 Å². The number of esters is 1. The van der Waals surface area contributed by atoms with Crippen molar-refractivity contribution in [3.05, 3.63) is 88.7 Å². The molecule has 2 atom stereocenters. The van der Waals surface area contributed by atoms with Crippen molar-refractivity contribution in [2.75, 3.05) is 6.61 Å². The number of rotatable bonds is 6. The van der Waals surface area contributed by atoms with Crippen molar-refractivity contribution in [1.29, 1.82) is 0 Å². The standard InChI is InChI=1S/C25H18F5NO5/c1-11(32)22(24(33)36-23-20(29)18(27)17(26)19(28)21(23)30)31-25(34)35-10-16-14-8-4-2-6-12(14)13-7-3-5-9-15(13)16/h2-9,11,16,22,32H,10H2,1H3,(H,31,34)/t11-,22-/m1/s1. The van der Waals surface area contributed by atoms with Gasteiger partial charge in [-0.1, -0.05) is 48.5 Å². The summed E-state index contributed by atoms with van der Waals surface area (Å²) < 4.78 is 77.3. The van der Waals surface area contributed by atoms with E-state index in [0.717, 1.165) is 29.2 Å². The summed E-state index contributed by atoms with van der Waals surface area (Å²) in [6.07, 6.45) is -2.86. The zero-order valence-corrected chi connectivity index (χ0v) is 18.5. The molecular weight excluding hydrogens is 489 g/mol. The third-order valence-corrected chi connectivity index (χ3v) is 5.73. The Kier molecular flexibility index (Phi) is 6.93. The summed E-state index contributed by atoms with van der Waals surface area (Å²) in [6, 6.07) is 13.1. The number of halogens is 5. The average Bonchev–Trinajstić information content (AvgIpc) is 3.19. The molecular formula is C25H18F5NO5. The number of carbonyl (C=O) groups is 2. The number of carbonyl (C=O) groups excluding carboxylic acids is 2. The van der Waals surface area contributed by atoms with Gasteiger partial charge in [0.25, 0.3) is 0 Å². The van der Waals surface area contributed by atoms with Gasteiger partial charge in [0.05, 0.1) is 6.10 Å². The van der Waals surface area contributed by atoms with Crippen LogP contribution >= 0.6 is 0 Å². The maximum absolute atomic E-state index is 13.9. The van der Waals surface area contributed by atoms with Gasteiger partial charge in [-0.15, -0.1) is 0 Å². The van der Waals surface area contributed by atoms with E-state index in [1.165, 1.54) is 0 Å². The Hall–Kier alpha value is -3.99. The van der Waals surface area contributed by atoms with Crippen molar-refractivity contribution in [3.63, 3.8) is 0 Å². The van der Waals surface area contributed by atoms with Crippen LogP contribution in [0.2, 0.25) is 0 Å². The lowest BCUT2D eigenvalue weighted by molar-refractivity contribution is -0.139. The summed E-state index contributed by atoms with van der Waals surface area (Å²) in [6.45, 7) is 0.882. The van der Waals surface area contributed by atoms with Crippen molar-refractivity contribution in [2.45, 2.75) is 25.0 Å². The molecule has 0 bridgehead atoms. The highest BCUT2D eigenvalue weighted by Crippen LogP contribution is 2.44. The highest BCUT2D eigenvalue weighted by molar-refractivity contribution is 5.84. The van der Waals surface area contributed by atoms with Crippen LogP contribution in [-0.4, -0.2) is 35.9 Å². The molecule has 11 heteroatoms. The quantitative estimate of drug-likeness (QED) is 0.168. The lowest BCUT2D eigenvalue weighted by Crippen LogP contribution is -2.50. The van der Waals surface area contributed by atoms with Gasteiger partial charge in [0.15, 0.2) is 6.04 Å². The van der Waals surface area contributed by atoms with E-state index in [9.17, 15) is 36.6 Å². The fraction of sp³-hybridized carbons (Fsp3) is 0.200. The Bertz CT molecular complexity index is 1270. The Morgan fingerprint density at radius 1 is 0.861 bits per heavy atom. The minimum Gasteiger partial charge on any atom is -0.449 e. The van der Waals surface area contributed by atoms with E-state index in [4.69, 9.17) is 4.74 Å². The second-order valence-electron chi connectivity index (χ2n) is 8.01. The molecule has 0 spiro atoms. The maximum atomic E-state index is 13.9. The molecule has 188 valence electrons. The Balaban J connectivity index is 1.47. The number of aliphatic hydroxyl groups is 1. The van der Waals surface area contributed by atoms with Crippen molar-refractivity contribution in [1.82, 2.24) is 5.32 Å². The van der Waals surface area contributed by atoms with E-state index in [2.05, 4.69) is 4.74 Å². The molecule has 1 amide bonds. The van der Waals surface area contributed by atoms with Crippen molar-refractivity contribution < 1.29 is 46.1 Å². The van der Waals surface area contributed by atoms with Crippen LogP contribution in [-0.2, 0) is 9.53 Å².